The zero-order valence-corrected chi connectivity index (χ0v) is 13.3. The van der Waals surface area contributed by atoms with Crippen LogP contribution in [-0.2, 0) is 17.1 Å². The molecular weight excluding hydrogens is 380 g/mol. The van der Waals surface area contributed by atoms with E-state index in [-0.39, 0.29) is 39.6 Å². The number of benzene rings is 2. The second-order valence-corrected chi connectivity index (χ2v) is 4.22. The minimum Gasteiger partial charge on any atom is -0.478 e. The number of nitro groups is 2. The summed E-state index contributed by atoms with van der Waals surface area (Å²) in [6, 6.07) is 9.40. The zero-order valence-electron chi connectivity index (χ0n) is 12.2. The minimum atomic E-state index is -1.09. The average molecular weight is 390 g/mol. The molecule has 0 amide bonds. The standard InChI is InChI=1S/2C7H5NO4.Fe/c2*9-7(10)5-1-3-6(4-2-5)8(11)12;/h2*1-4H,(H,9,10);. The van der Waals surface area contributed by atoms with Crippen LogP contribution in [-0.4, -0.2) is 32.0 Å². The van der Waals surface area contributed by atoms with Gasteiger partial charge in [-0.2, -0.15) is 0 Å². The van der Waals surface area contributed by atoms with Crippen molar-refractivity contribution in [1.82, 2.24) is 0 Å². The third kappa shape index (κ3) is 6.77. The van der Waals surface area contributed by atoms with Gasteiger partial charge in [0.2, 0.25) is 0 Å². The molecular formula is C14H10FeN2O8. The van der Waals surface area contributed by atoms with Crippen molar-refractivity contribution in [3.05, 3.63) is 79.9 Å². The number of hydrogen-bond donors (Lipinski definition) is 2. The van der Waals surface area contributed by atoms with Crippen molar-refractivity contribution >= 4 is 23.3 Å². The monoisotopic (exact) mass is 390 g/mol. The molecule has 2 rings (SSSR count). The largest absolute Gasteiger partial charge is 0.478 e. The summed E-state index contributed by atoms with van der Waals surface area (Å²) in [5.41, 5.74) is -0.138. The van der Waals surface area contributed by atoms with Gasteiger partial charge in [-0.05, 0) is 24.3 Å². The molecule has 2 N–H and O–H groups in total. The Labute approximate surface area is 150 Å². The molecule has 0 saturated heterocycles. The van der Waals surface area contributed by atoms with Crippen molar-refractivity contribution in [2.45, 2.75) is 0 Å². The van der Waals surface area contributed by atoms with E-state index in [1.165, 1.54) is 24.3 Å². The number of carbonyl (C=O) groups is 2. The molecule has 0 fully saturated rings. The van der Waals surface area contributed by atoms with Gasteiger partial charge in [-0.1, -0.05) is 0 Å². The smallest absolute Gasteiger partial charge is 0.335 e. The van der Waals surface area contributed by atoms with E-state index >= 15 is 0 Å². The Hall–Kier alpha value is -3.30. The Morgan fingerprint density at radius 2 is 0.920 bits per heavy atom. The van der Waals surface area contributed by atoms with E-state index in [2.05, 4.69) is 0 Å². The van der Waals surface area contributed by atoms with Crippen LogP contribution >= 0.6 is 0 Å². The maximum absolute atomic E-state index is 10.3. The van der Waals surface area contributed by atoms with Gasteiger partial charge >= 0.3 is 11.9 Å². The molecule has 2 aromatic carbocycles. The van der Waals surface area contributed by atoms with E-state index in [4.69, 9.17) is 10.2 Å². The van der Waals surface area contributed by atoms with Gasteiger partial charge in [-0.15, -0.1) is 0 Å². The normalized spacial score (nSPS) is 8.96. The summed E-state index contributed by atoms with van der Waals surface area (Å²) in [4.78, 5) is 39.7. The molecule has 0 bridgehead atoms. The molecule has 132 valence electrons. The second-order valence-electron chi connectivity index (χ2n) is 4.22. The first-order valence-corrected chi connectivity index (χ1v) is 6.18. The van der Waals surface area contributed by atoms with Crippen molar-refractivity contribution in [3.63, 3.8) is 0 Å². The van der Waals surface area contributed by atoms with Crippen molar-refractivity contribution in [1.29, 1.82) is 0 Å². The molecule has 0 radical (unpaired) electrons. The van der Waals surface area contributed by atoms with Gasteiger partial charge in [-0.25, -0.2) is 9.59 Å². The van der Waals surface area contributed by atoms with Gasteiger partial charge in [0.05, 0.1) is 21.0 Å². The van der Waals surface area contributed by atoms with Gasteiger partial charge < -0.3 is 10.2 Å². The van der Waals surface area contributed by atoms with Crippen LogP contribution in [0.5, 0.6) is 0 Å². The van der Waals surface area contributed by atoms with E-state index < -0.39 is 21.8 Å². The number of nitro benzene ring substituents is 2. The van der Waals surface area contributed by atoms with Crippen molar-refractivity contribution in [3.8, 4) is 0 Å². The minimum absolute atomic E-state index is 0. The molecule has 0 aliphatic carbocycles. The molecule has 0 unspecified atom stereocenters. The van der Waals surface area contributed by atoms with Crippen LogP contribution < -0.4 is 0 Å². The van der Waals surface area contributed by atoms with Gasteiger partial charge in [0.25, 0.3) is 11.4 Å². The number of aromatic carboxylic acids is 2. The van der Waals surface area contributed by atoms with Crippen LogP contribution in [0.3, 0.4) is 0 Å². The fourth-order valence-electron chi connectivity index (χ4n) is 1.45. The number of carboxylic acid groups (broad SMARTS) is 2. The zero-order chi connectivity index (χ0) is 18.3. The summed E-state index contributed by atoms with van der Waals surface area (Å²) in [5.74, 6) is -2.19. The van der Waals surface area contributed by atoms with Crippen LogP contribution in [0.2, 0.25) is 0 Å². The summed E-state index contributed by atoms with van der Waals surface area (Å²) in [7, 11) is 0. The SMILES string of the molecule is O=C(O)c1ccc([N+](=O)[O-])cc1.O=C(O)c1ccc([N+](=O)[O-])cc1.[Fe]. The topological polar surface area (TPSA) is 161 Å². The third-order valence-corrected chi connectivity index (χ3v) is 2.65. The molecule has 0 aliphatic rings. The molecule has 0 aromatic heterocycles. The summed E-state index contributed by atoms with van der Waals surface area (Å²) < 4.78 is 0. The molecule has 2 aromatic rings. The predicted molar refractivity (Wildman–Crippen MR) is 80.1 cm³/mol. The van der Waals surface area contributed by atoms with Gasteiger partial charge in [0.1, 0.15) is 0 Å². The van der Waals surface area contributed by atoms with Crippen LogP contribution in [0.4, 0.5) is 11.4 Å². The second kappa shape index (κ2) is 9.75. The third-order valence-electron chi connectivity index (χ3n) is 2.65. The van der Waals surface area contributed by atoms with Crippen molar-refractivity contribution < 1.29 is 46.7 Å². The number of nitrogens with zero attached hydrogens (tertiary/aromatic N) is 2. The summed E-state index contributed by atoms with van der Waals surface area (Å²) in [6.45, 7) is 0. The average Bonchev–Trinajstić information content (AvgIpc) is 2.55. The summed E-state index contributed by atoms with van der Waals surface area (Å²) in [5, 5.41) is 37.2. The first-order valence-electron chi connectivity index (χ1n) is 6.18. The van der Waals surface area contributed by atoms with Gasteiger partial charge in [0, 0.05) is 41.3 Å². The van der Waals surface area contributed by atoms with Crippen molar-refractivity contribution in [2.75, 3.05) is 0 Å². The Balaban J connectivity index is 0.000000443. The van der Waals surface area contributed by atoms with E-state index in [0.717, 1.165) is 24.3 Å². The number of carboxylic acids is 2. The Morgan fingerprint density at radius 1 is 0.680 bits per heavy atom. The van der Waals surface area contributed by atoms with E-state index in [1.54, 1.807) is 0 Å². The van der Waals surface area contributed by atoms with Crippen molar-refractivity contribution in [2.24, 2.45) is 0 Å². The molecule has 0 saturated carbocycles. The van der Waals surface area contributed by atoms with E-state index in [1.807, 2.05) is 0 Å². The fraction of sp³-hybridized carbons (Fsp3) is 0. The quantitative estimate of drug-likeness (QED) is 0.457. The molecule has 0 spiro atoms. The molecule has 25 heavy (non-hydrogen) atoms. The molecule has 0 aliphatic heterocycles. The van der Waals surface area contributed by atoms with Crippen LogP contribution in [0, 0.1) is 20.2 Å². The number of hydrogen-bond acceptors (Lipinski definition) is 6. The predicted octanol–water partition coefficient (Wildman–Crippen LogP) is 2.58. The van der Waals surface area contributed by atoms with E-state index in [0.29, 0.717) is 0 Å². The Bertz CT molecular complexity index is 641. The molecule has 10 nitrogen and oxygen atoms in total. The Morgan fingerprint density at radius 3 is 1.08 bits per heavy atom. The van der Waals surface area contributed by atoms with Crippen LogP contribution in [0.25, 0.3) is 0 Å². The number of non-ortho nitro benzene ring substituents is 2. The maximum Gasteiger partial charge on any atom is 0.335 e. The first-order chi connectivity index (χ1) is 11.2. The van der Waals surface area contributed by atoms with Gasteiger partial charge in [0.15, 0.2) is 0 Å². The molecule has 0 atom stereocenters. The maximum atomic E-state index is 10.3. The summed E-state index contributed by atoms with van der Waals surface area (Å²) >= 11 is 0. The molecule has 11 heteroatoms. The fourth-order valence-corrected chi connectivity index (χ4v) is 1.45. The summed E-state index contributed by atoms with van der Waals surface area (Å²) in [6.07, 6.45) is 0. The first kappa shape index (κ1) is 21.7. The van der Waals surface area contributed by atoms with E-state index in [9.17, 15) is 29.8 Å². The van der Waals surface area contributed by atoms with Crippen LogP contribution in [0.1, 0.15) is 20.7 Å². The van der Waals surface area contributed by atoms with Crippen LogP contribution in [0.15, 0.2) is 48.5 Å². The Kier molecular flexibility index (Phi) is 8.47. The molecule has 0 heterocycles. The number of rotatable bonds is 4. The van der Waals surface area contributed by atoms with Gasteiger partial charge in [-0.3, -0.25) is 20.2 Å².